The van der Waals surface area contributed by atoms with Gasteiger partial charge in [-0.15, -0.1) is 0 Å². The van der Waals surface area contributed by atoms with E-state index in [9.17, 15) is 15.0 Å². The lowest BCUT2D eigenvalue weighted by Crippen LogP contribution is -2.03. The van der Waals surface area contributed by atoms with Crippen LogP contribution >= 0.6 is 23.4 Å². The highest BCUT2D eigenvalue weighted by Crippen LogP contribution is 2.43. The maximum Gasteiger partial charge on any atom is 0.172 e. The number of phenols is 2. The maximum absolute atomic E-state index is 12.5. The van der Waals surface area contributed by atoms with E-state index in [0.29, 0.717) is 9.92 Å². The molecule has 1 heterocycles. The normalized spacial score (nSPS) is 13.1. The van der Waals surface area contributed by atoms with Crippen LogP contribution in [0, 0.1) is 0 Å². The highest BCUT2D eigenvalue weighted by Gasteiger charge is 2.24. The van der Waals surface area contributed by atoms with Gasteiger partial charge in [0.1, 0.15) is 11.5 Å². The number of fused-ring (bicyclic) bond motifs is 2. The molecule has 0 aromatic heterocycles. The van der Waals surface area contributed by atoms with Crippen LogP contribution in [0.25, 0.3) is 11.1 Å². The topological polar surface area (TPSA) is 57.5 Å². The molecule has 0 amide bonds. The molecule has 0 fully saturated rings. The molecule has 1 aliphatic heterocycles. The van der Waals surface area contributed by atoms with Gasteiger partial charge in [-0.25, -0.2) is 0 Å². The Bertz CT molecular complexity index is 1010. The number of rotatable bonds is 1. The molecule has 0 saturated heterocycles. The average Bonchev–Trinajstić information content (AvgIpc) is 2.69. The van der Waals surface area contributed by atoms with Gasteiger partial charge in [-0.2, -0.15) is 0 Å². The van der Waals surface area contributed by atoms with Gasteiger partial charge in [0.05, 0.1) is 5.56 Å². The van der Waals surface area contributed by atoms with Gasteiger partial charge in [0.25, 0.3) is 0 Å². The second-order valence-corrected chi connectivity index (χ2v) is 7.39. The smallest absolute Gasteiger partial charge is 0.172 e. The number of hydrogen-bond acceptors (Lipinski definition) is 4. The molecule has 4 rings (SSSR count). The number of benzene rings is 3. The van der Waals surface area contributed by atoms with Crippen LogP contribution < -0.4 is 0 Å². The van der Waals surface area contributed by atoms with Crippen molar-refractivity contribution < 1.29 is 15.0 Å². The Morgan fingerprint density at radius 1 is 0.920 bits per heavy atom. The number of carbonyl (C=O) groups excluding carboxylic acids is 1. The lowest BCUT2D eigenvalue weighted by molar-refractivity contribution is 0.0987. The SMILES string of the molecule is O=C1Cc2ccc(-c3cccc(Cl)c3)cc2Sc2cc(O)cc(O)c21. The Labute approximate surface area is 153 Å². The summed E-state index contributed by atoms with van der Waals surface area (Å²) >= 11 is 7.45. The van der Waals surface area contributed by atoms with Gasteiger partial charge in [0, 0.05) is 27.3 Å². The number of carbonyl (C=O) groups is 1. The van der Waals surface area contributed by atoms with Gasteiger partial charge >= 0.3 is 0 Å². The minimum absolute atomic E-state index is 0.0639. The molecule has 3 nitrogen and oxygen atoms in total. The van der Waals surface area contributed by atoms with Crippen LogP contribution in [0.4, 0.5) is 0 Å². The molecule has 0 spiro atoms. The highest BCUT2D eigenvalue weighted by molar-refractivity contribution is 7.99. The number of halogens is 1. The Morgan fingerprint density at radius 2 is 1.72 bits per heavy atom. The Kier molecular flexibility index (Phi) is 3.94. The summed E-state index contributed by atoms with van der Waals surface area (Å²) in [5.74, 6) is -0.407. The molecule has 1 aliphatic rings. The lowest BCUT2D eigenvalue weighted by Gasteiger charge is -2.09. The van der Waals surface area contributed by atoms with Crippen LogP contribution in [0.1, 0.15) is 15.9 Å². The lowest BCUT2D eigenvalue weighted by atomic mass is 9.99. The molecular formula is C20H13ClO3S. The van der Waals surface area contributed by atoms with E-state index in [0.717, 1.165) is 21.6 Å². The first kappa shape index (κ1) is 16.1. The van der Waals surface area contributed by atoms with E-state index < -0.39 is 0 Å². The third-order valence-electron chi connectivity index (χ3n) is 4.14. The molecule has 2 N–H and O–H groups in total. The first-order chi connectivity index (χ1) is 12.0. The zero-order chi connectivity index (χ0) is 17.6. The molecule has 5 heteroatoms. The van der Waals surface area contributed by atoms with E-state index >= 15 is 0 Å². The van der Waals surface area contributed by atoms with Crippen molar-refractivity contribution in [3.63, 3.8) is 0 Å². The van der Waals surface area contributed by atoms with Crippen molar-refractivity contribution >= 4 is 29.1 Å². The summed E-state index contributed by atoms with van der Waals surface area (Å²) in [6, 6.07) is 16.2. The zero-order valence-electron chi connectivity index (χ0n) is 13.0. The molecule has 0 bridgehead atoms. The monoisotopic (exact) mass is 368 g/mol. The third kappa shape index (κ3) is 2.99. The van der Waals surface area contributed by atoms with Crippen LogP contribution in [0.2, 0.25) is 5.02 Å². The molecule has 0 radical (unpaired) electrons. The first-order valence-electron chi connectivity index (χ1n) is 7.67. The van der Waals surface area contributed by atoms with Crippen molar-refractivity contribution in [2.45, 2.75) is 16.2 Å². The summed E-state index contributed by atoms with van der Waals surface area (Å²) in [5, 5.41) is 20.5. The highest BCUT2D eigenvalue weighted by atomic mass is 35.5. The fraction of sp³-hybridized carbons (Fsp3) is 0.0500. The molecule has 3 aromatic carbocycles. The molecule has 124 valence electrons. The summed E-state index contributed by atoms with van der Waals surface area (Å²) in [7, 11) is 0. The van der Waals surface area contributed by atoms with Gasteiger partial charge in [-0.05, 0) is 41.0 Å². The largest absolute Gasteiger partial charge is 0.508 e. The van der Waals surface area contributed by atoms with E-state index in [1.54, 1.807) is 0 Å². The number of ketones is 1. The van der Waals surface area contributed by atoms with Crippen LogP contribution in [-0.2, 0) is 6.42 Å². The number of phenolic OH excluding ortho intramolecular Hbond substituents is 2. The predicted molar refractivity (Wildman–Crippen MR) is 98.8 cm³/mol. The second kappa shape index (κ2) is 6.14. The number of Topliss-reactive ketones (excluding diaryl/α,β-unsaturated/α-hetero) is 1. The van der Waals surface area contributed by atoms with Gasteiger partial charge < -0.3 is 10.2 Å². The number of hydrogen-bond donors (Lipinski definition) is 2. The van der Waals surface area contributed by atoms with Gasteiger partial charge in [0.2, 0.25) is 0 Å². The molecular weight excluding hydrogens is 356 g/mol. The minimum atomic E-state index is -0.185. The fourth-order valence-corrected chi connectivity index (χ4v) is 4.35. The van der Waals surface area contributed by atoms with E-state index in [2.05, 4.69) is 0 Å². The molecule has 25 heavy (non-hydrogen) atoms. The van der Waals surface area contributed by atoms with E-state index in [-0.39, 0.29) is 29.3 Å². The summed E-state index contributed by atoms with van der Waals surface area (Å²) in [5.41, 5.74) is 3.15. The van der Waals surface area contributed by atoms with Crippen molar-refractivity contribution in [1.82, 2.24) is 0 Å². The van der Waals surface area contributed by atoms with Crippen molar-refractivity contribution in [3.8, 4) is 22.6 Å². The summed E-state index contributed by atoms with van der Waals surface area (Å²) in [6.45, 7) is 0. The van der Waals surface area contributed by atoms with E-state index in [1.807, 2.05) is 42.5 Å². The Balaban J connectivity index is 1.84. The Morgan fingerprint density at radius 3 is 2.52 bits per heavy atom. The van der Waals surface area contributed by atoms with Crippen LogP contribution in [0.5, 0.6) is 11.5 Å². The van der Waals surface area contributed by atoms with Crippen LogP contribution in [0.3, 0.4) is 0 Å². The zero-order valence-corrected chi connectivity index (χ0v) is 14.6. The van der Waals surface area contributed by atoms with Crippen molar-refractivity contribution in [1.29, 1.82) is 0 Å². The minimum Gasteiger partial charge on any atom is -0.508 e. The van der Waals surface area contributed by atoms with E-state index in [4.69, 9.17) is 11.6 Å². The fourth-order valence-electron chi connectivity index (χ4n) is 2.97. The quantitative estimate of drug-likeness (QED) is 0.611. The summed E-state index contributed by atoms with van der Waals surface area (Å²) < 4.78 is 0. The third-order valence-corrected chi connectivity index (χ3v) is 5.52. The maximum atomic E-state index is 12.5. The predicted octanol–water partition coefficient (Wildman–Crippen LogP) is 5.31. The molecule has 3 aromatic rings. The molecule has 0 atom stereocenters. The van der Waals surface area contributed by atoms with Crippen molar-refractivity contribution in [2.75, 3.05) is 0 Å². The van der Waals surface area contributed by atoms with Crippen LogP contribution in [-0.4, -0.2) is 16.0 Å². The van der Waals surface area contributed by atoms with Gasteiger partial charge in [0.15, 0.2) is 5.78 Å². The molecule has 0 saturated carbocycles. The summed E-state index contributed by atoms with van der Waals surface area (Å²) in [6.07, 6.45) is 0.212. The van der Waals surface area contributed by atoms with Crippen molar-refractivity contribution in [2.24, 2.45) is 0 Å². The molecule has 0 aliphatic carbocycles. The average molecular weight is 369 g/mol. The summed E-state index contributed by atoms with van der Waals surface area (Å²) in [4.78, 5) is 14.0. The van der Waals surface area contributed by atoms with E-state index in [1.165, 1.54) is 23.9 Å². The van der Waals surface area contributed by atoms with Gasteiger partial charge in [-0.3, -0.25) is 4.79 Å². The standard InChI is InChI=1S/C20H13ClO3S/c21-14-3-1-2-11(6-14)12-4-5-13-7-16(23)20-17(24)9-15(22)10-19(20)25-18(13)8-12/h1-6,8-10,22,24H,7H2. The first-order valence-corrected chi connectivity index (χ1v) is 8.86. The molecule has 0 unspecified atom stereocenters. The number of aromatic hydroxyl groups is 2. The van der Waals surface area contributed by atoms with Crippen molar-refractivity contribution in [3.05, 3.63) is 70.7 Å². The van der Waals surface area contributed by atoms with Crippen LogP contribution in [0.15, 0.2) is 64.4 Å². The second-order valence-electron chi connectivity index (χ2n) is 5.87. The Hall–Kier alpha value is -2.43. The van der Waals surface area contributed by atoms with Gasteiger partial charge in [-0.1, -0.05) is 47.6 Å².